The molecule has 4 nitrogen and oxygen atoms in total. The van der Waals surface area contributed by atoms with Crippen LogP contribution in [-0.4, -0.2) is 37.0 Å². The van der Waals surface area contributed by atoms with Gasteiger partial charge in [0.05, 0.1) is 12.5 Å². The third-order valence-electron chi connectivity index (χ3n) is 3.06. The SMILES string of the molecule is CC(N)C(C)C(=O)N(C)CCOc1ccc(F)cc1.Cl. The predicted octanol–water partition coefficient (Wildman–Crippen LogP) is 2.07. The number of halogens is 2. The van der Waals surface area contributed by atoms with Crippen LogP contribution in [0.1, 0.15) is 13.8 Å². The number of ether oxygens (including phenoxy) is 1. The highest BCUT2D eigenvalue weighted by atomic mass is 35.5. The van der Waals surface area contributed by atoms with E-state index in [9.17, 15) is 9.18 Å². The van der Waals surface area contributed by atoms with Crippen molar-refractivity contribution < 1.29 is 13.9 Å². The molecule has 6 heteroatoms. The monoisotopic (exact) mass is 304 g/mol. The number of nitrogens with zero attached hydrogens (tertiary/aromatic N) is 1. The van der Waals surface area contributed by atoms with E-state index < -0.39 is 0 Å². The van der Waals surface area contributed by atoms with Crippen LogP contribution < -0.4 is 10.5 Å². The predicted molar refractivity (Wildman–Crippen MR) is 79.6 cm³/mol. The van der Waals surface area contributed by atoms with Crippen molar-refractivity contribution in [3.63, 3.8) is 0 Å². The maximum absolute atomic E-state index is 12.7. The first-order valence-electron chi connectivity index (χ1n) is 6.30. The summed E-state index contributed by atoms with van der Waals surface area (Å²) >= 11 is 0. The highest BCUT2D eigenvalue weighted by Crippen LogP contribution is 2.11. The van der Waals surface area contributed by atoms with Gasteiger partial charge >= 0.3 is 0 Å². The third-order valence-corrected chi connectivity index (χ3v) is 3.06. The summed E-state index contributed by atoms with van der Waals surface area (Å²) in [4.78, 5) is 13.5. The van der Waals surface area contributed by atoms with E-state index in [0.717, 1.165) is 0 Å². The zero-order valence-corrected chi connectivity index (χ0v) is 12.8. The van der Waals surface area contributed by atoms with Crippen LogP contribution in [0.2, 0.25) is 0 Å². The van der Waals surface area contributed by atoms with Crippen molar-refractivity contribution in [3.8, 4) is 5.75 Å². The zero-order chi connectivity index (χ0) is 14.4. The van der Waals surface area contributed by atoms with E-state index in [1.807, 2.05) is 13.8 Å². The van der Waals surface area contributed by atoms with Crippen LogP contribution in [0.5, 0.6) is 5.75 Å². The molecular formula is C14H22ClFN2O2. The van der Waals surface area contributed by atoms with Gasteiger partial charge in [-0.3, -0.25) is 4.79 Å². The number of likely N-dealkylation sites (N-methyl/N-ethyl adjacent to an activating group) is 1. The summed E-state index contributed by atoms with van der Waals surface area (Å²) in [6.07, 6.45) is 0. The Hall–Kier alpha value is -1.33. The molecule has 0 aliphatic heterocycles. The van der Waals surface area contributed by atoms with Gasteiger partial charge in [0.1, 0.15) is 18.2 Å². The summed E-state index contributed by atoms with van der Waals surface area (Å²) in [5, 5.41) is 0. The number of carbonyl (C=O) groups is 1. The molecular weight excluding hydrogens is 283 g/mol. The maximum Gasteiger partial charge on any atom is 0.226 e. The van der Waals surface area contributed by atoms with Crippen LogP contribution in [0.4, 0.5) is 4.39 Å². The van der Waals surface area contributed by atoms with Crippen molar-refractivity contribution in [2.75, 3.05) is 20.2 Å². The van der Waals surface area contributed by atoms with Crippen LogP contribution in [0.3, 0.4) is 0 Å². The van der Waals surface area contributed by atoms with Crippen molar-refractivity contribution in [2.45, 2.75) is 19.9 Å². The van der Waals surface area contributed by atoms with E-state index in [0.29, 0.717) is 18.9 Å². The molecule has 2 unspecified atom stereocenters. The molecule has 0 heterocycles. The summed E-state index contributed by atoms with van der Waals surface area (Å²) in [5.41, 5.74) is 5.69. The Labute approximate surface area is 125 Å². The van der Waals surface area contributed by atoms with Crippen molar-refractivity contribution in [1.29, 1.82) is 0 Å². The zero-order valence-electron chi connectivity index (χ0n) is 12.0. The first-order valence-corrected chi connectivity index (χ1v) is 6.30. The van der Waals surface area contributed by atoms with Crippen molar-refractivity contribution in [1.82, 2.24) is 4.90 Å². The molecule has 2 N–H and O–H groups in total. The molecule has 0 aromatic heterocycles. The summed E-state index contributed by atoms with van der Waals surface area (Å²) in [6, 6.07) is 5.61. The topological polar surface area (TPSA) is 55.6 Å². The van der Waals surface area contributed by atoms with E-state index in [2.05, 4.69) is 0 Å². The average molecular weight is 305 g/mol. The number of hydrogen-bond acceptors (Lipinski definition) is 3. The third kappa shape index (κ3) is 5.75. The molecule has 0 saturated heterocycles. The molecule has 0 spiro atoms. The van der Waals surface area contributed by atoms with Crippen LogP contribution >= 0.6 is 12.4 Å². The van der Waals surface area contributed by atoms with Crippen LogP contribution in [0.15, 0.2) is 24.3 Å². The van der Waals surface area contributed by atoms with Gasteiger partial charge in [-0.05, 0) is 31.2 Å². The Morgan fingerprint density at radius 2 is 1.90 bits per heavy atom. The van der Waals surface area contributed by atoms with Gasteiger partial charge in [-0.25, -0.2) is 4.39 Å². The van der Waals surface area contributed by atoms with Crippen molar-refractivity contribution in [3.05, 3.63) is 30.1 Å². The largest absolute Gasteiger partial charge is 0.492 e. The van der Waals surface area contributed by atoms with Gasteiger partial charge in [-0.1, -0.05) is 6.92 Å². The second kappa shape index (κ2) is 8.76. The van der Waals surface area contributed by atoms with E-state index in [1.165, 1.54) is 12.1 Å². The molecule has 20 heavy (non-hydrogen) atoms. The van der Waals surface area contributed by atoms with E-state index in [1.54, 1.807) is 24.1 Å². The maximum atomic E-state index is 12.7. The lowest BCUT2D eigenvalue weighted by Crippen LogP contribution is -2.41. The molecule has 0 aliphatic rings. The Bertz CT molecular complexity index is 412. The van der Waals surface area contributed by atoms with Gasteiger partial charge in [0.25, 0.3) is 0 Å². The minimum Gasteiger partial charge on any atom is -0.492 e. The molecule has 0 radical (unpaired) electrons. The average Bonchev–Trinajstić information content (AvgIpc) is 2.39. The van der Waals surface area contributed by atoms with E-state index in [-0.39, 0.29) is 36.1 Å². The minimum absolute atomic E-state index is 0. The fourth-order valence-corrected chi connectivity index (χ4v) is 1.51. The fraction of sp³-hybridized carbons (Fsp3) is 0.500. The first kappa shape index (κ1) is 18.7. The summed E-state index contributed by atoms with van der Waals surface area (Å²) < 4.78 is 18.1. The van der Waals surface area contributed by atoms with Crippen molar-refractivity contribution >= 4 is 18.3 Å². The molecule has 1 aromatic carbocycles. The lowest BCUT2D eigenvalue weighted by Gasteiger charge is -2.23. The van der Waals surface area contributed by atoms with Gasteiger partial charge in [-0.15, -0.1) is 12.4 Å². The summed E-state index contributed by atoms with van der Waals surface area (Å²) in [7, 11) is 1.72. The van der Waals surface area contributed by atoms with Gasteiger partial charge in [0, 0.05) is 13.1 Å². The first-order chi connectivity index (χ1) is 8.91. The molecule has 0 bridgehead atoms. The second-order valence-corrected chi connectivity index (χ2v) is 4.71. The van der Waals surface area contributed by atoms with Crippen LogP contribution in [0.25, 0.3) is 0 Å². The van der Waals surface area contributed by atoms with Gasteiger partial charge in [0.2, 0.25) is 5.91 Å². The van der Waals surface area contributed by atoms with Gasteiger partial charge in [-0.2, -0.15) is 0 Å². The molecule has 0 aliphatic carbocycles. The smallest absolute Gasteiger partial charge is 0.226 e. The number of hydrogen-bond donors (Lipinski definition) is 1. The quantitative estimate of drug-likeness (QED) is 0.875. The van der Waals surface area contributed by atoms with Crippen LogP contribution in [-0.2, 0) is 4.79 Å². The Balaban J connectivity index is 0.00000361. The lowest BCUT2D eigenvalue weighted by atomic mass is 10.0. The molecule has 0 saturated carbocycles. The van der Waals surface area contributed by atoms with Crippen LogP contribution in [0, 0.1) is 11.7 Å². The Morgan fingerprint density at radius 3 is 2.40 bits per heavy atom. The normalized spacial score (nSPS) is 13.1. The number of benzene rings is 1. The fourth-order valence-electron chi connectivity index (χ4n) is 1.51. The lowest BCUT2D eigenvalue weighted by molar-refractivity contribution is -0.134. The number of nitrogens with two attached hydrogens (primary N) is 1. The number of carbonyl (C=O) groups excluding carboxylic acids is 1. The summed E-state index contributed by atoms with van der Waals surface area (Å²) in [6.45, 7) is 4.45. The highest BCUT2D eigenvalue weighted by molar-refractivity contribution is 5.85. The van der Waals surface area contributed by atoms with E-state index >= 15 is 0 Å². The molecule has 1 rings (SSSR count). The van der Waals surface area contributed by atoms with Gasteiger partial charge in [0.15, 0.2) is 0 Å². The molecule has 0 fully saturated rings. The van der Waals surface area contributed by atoms with Gasteiger partial charge < -0.3 is 15.4 Å². The molecule has 1 amide bonds. The highest BCUT2D eigenvalue weighted by Gasteiger charge is 2.20. The standard InChI is InChI=1S/C14H21FN2O2.ClH/c1-10(11(2)16)14(18)17(3)8-9-19-13-6-4-12(15)5-7-13;/h4-7,10-11H,8-9,16H2,1-3H3;1H. The summed E-state index contributed by atoms with van der Waals surface area (Å²) in [5.74, 6) is 0.0708. The van der Waals surface area contributed by atoms with Crippen molar-refractivity contribution in [2.24, 2.45) is 11.7 Å². The van der Waals surface area contributed by atoms with E-state index in [4.69, 9.17) is 10.5 Å². The minimum atomic E-state index is -0.301. The molecule has 2 atom stereocenters. The number of rotatable bonds is 6. The Kier molecular flexibility index (Phi) is 8.18. The second-order valence-electron chi connectivity index (χ2n) is 4.71. The molecule has 114 valence electrons. The number of amides is 1. The Morgan fingerprint density at radius 1 is 1.35 bits per heavy atom. The molecule has 1 aromatic rings.